The molecule has 1 unspecified atom stereocenters. The monoisotopic (exact) mass is 678 g/mol. The number of fused-ring (bicyclic) bond motifs is 1. The Morgan fingerprint density at radius 3 is 2.50 bits per heavy atom. The van der Waals surface area contributed by atoms with Gasteiger partial charge in [0.2, 0.25) is 0 Å². The first-order chi connectivity index (χ1) is 22.0. The van der Waals surface area contributed by atoms with Crippen LogP contribution < -0.4 is 19.5 Å². The molecular formula is C34H38Cl2F2N2O6. The van der Waals surface area contributed by atoms with Gasteiger partial charge >= 0.3 is 5.97 Å². The van der Waals surface area contributed by atoms with Crippen LogP contribution in [0.1, 0.15) is 43.1 Å². The Labute approximate surface area is 277 Å². The van der Waals surface area contributed by atoms with Gasteiger partial charge in [-0.15, -0.1) is 0 Å². The van der Waals surface area contributed by atoms with Crippen LogP contribution in [0, 0.1) is 0 Å². The van der Waals surface area contributed by atoms with Gasteiger partial charge in [0.1, 0.15) is 35.1 Å². The smallest absolute Gasteiger partial charge is 0.326 e. The molecule has 0 saturated carbocycles. The molecule has 0 radical (unpaired) electrons. The number of ether oxygens (including phenoxy) is 3. The molecule has 0 aromatic heterocycles. The molecule has 0 spiro atoms. The number of carboxylic acid groups (broad SMARTS) is 1. The van der Waals surface area contributed by atoms with E-state index in [0.717, 1.165) is 29.7 Å². The van der Waals surface area contributed by atoms with Crippen LogP contribution in [0.4, 0.5) is 8.78 Å². The van der Waals surface area contributed by atoms with Crippen molar-refractivity contribution in [2.24, 2.45) is 0 Å². The third-order valence-corrected chi connectivity index (χ3v) is 9.10. The topological polar surface area (TPSA) is 100 Å². The molecule has 1 aliphatic carbocycles. The van der Waals surface area contributed by atoms with E-state index in [1.807, 2.05) is 35.2 Å². The molecule has 0 bridgehead atoms. The van der Waals surface area contributed by atoms with Crippen molar-refractivity contribution >= 4 is 29.2 Å². The number of benzene rings is 3. The van der Waals surface area contributed by atoms with Crippen LogP contribution >= 0.6 is 23.2 Å². The fraction of sp³-hybridized carbons (Fsp3) is 0.441. The summed E-state index contributed by atoms with van der Waals surface area (Å²) in [6, 6.07) is 14.2. The van der Waals surface area contributed by atoms with Crippen LogP contribution in [-0.2, 0) is 17.8 Å². The highest BCUT2D eigenvalue weighted by atomic mass is 35.5. The molecule has 12 heteroatoms. The first-order valence-corrected chi connectivity index (χ1v) is 16.0. The summed E-state index contributed by atoms with van der Waals surface area (Å²) in [4.78, 5) is 13.7. The first kappa shape index (κ1) is 34.2. The molecule has 1 saturated heterocycles. The largest absolute Gasteiger partial charge is 0.493 e. The zero-order valence-corrected chi connectivity index (χ0v) is 27.2. The van der Waals surface area contributed by atoms with Crippen LogP contribution in [0.25, 0.3) is 11.1 Å². The number of halogens is 4. The van der Waals surface area contributed by atoms with Crippen molar-refractivity contribution in [2.45, 2.75) is 57.2 Å². The van der Waals surface area contributed by atoms with Gasteiger partial charge in [0, 0.05) is 49.8 Å². The average molecular weight is 680 g/mol. The Morgan fingerprint density at radius 1 is 1.07 bits per heavy atom. The first-order valence-electron chi connectivity index (χ1n) is 15.3. The molecule has 3 aromatic carbocycles. The number of aliphatic carboxylic acids is 1. The van der Waals surface area contributed by atoms with Gasteiger partial charge in [0.05, 0.1) is 29.9 Å². The third-order valence-electron chi connectivity index (χ3n) is 8.41. The van der Waals surface area contributed by atoms with Crippen LogP contribution in [0.2, 0.25) is 10.0 Å². The van der Waals surface area contributed by atoms with Crippen molar-refractivity contribution in [3.63, 3.8) is 0 Å². The average Bonchev–Trinajstić information content (AvgIpc) is 3.34. The van der Waals surface area contributed by atoms with Gasteiger partial charge in [0.25, 0.3) is 0 Å². The summed E-state index contributed by atoms with van der Waals surface area (Å²) in [6.45, 7) is 5.04. The van der Waals surface area contributed by atoms with Gasteiger partial charge < -0.3 is 24.4 Å². The Kier molecular flexibility index (Phi) is 11.0. The molecule has 3 aromatic rings. The molecule has 0 amide bonds. The summed E-state index contributed by atoms with van der Waals surface area (Å²) >= 11 is 13.4. The number of rotatable bonds is 15. The lowest BCUT2D eigenvalue weighted by Crippen LogP contribution is -2.52. The third kappa shape index (κ3) is 7.37. The molecule has 8 nitrogen and oxygen atoms in total. The predicted octanol–water partition coefficient (Wildman–Crippen LogP) is 6.42. The Balaban J connectivity index is 1.34. The molecule has 1 fully saturated rings. The number of nitrogens with zero attached hydrogens (tertiary/aromatic N) is 1. The van der Waals surface area contributed by atoms with Crippen molar-refractivity contribution in [3.05, 3.63) is 75.3 Å². The van der Waals surface area contributed by atoms with E-state index in [1.165, 1.54) is 6.92 Å². The van der Waals surface area contributed by atoms with Crippen molar-refractivity contribution in [3.8, 4) is 28.4 Å². The number of alkyl halides is 2. The number of aliphatic hydroxyl groups is 1. The number of carbonyl (C=O) groups is 1. The highest BCUT2D eigenvalue weighted by molar-refractivity contribution is 6.35. The molecule has 3 atom stereocenters. The van der Waals surface area contributed by atoms with Gasteiger partial charge in [-0.1, -0.05) is 53.5 Å². The van der Waals surface area contributed by atoms with Crippen LogP contribution in [0.3, 0.4) is 0 Å². The number of nitrogens with one attached hydrogen (secondary N) is 1. The van der Waals surface area contributed by atoms with E-state index in [9.17, 15) is 19.4 Å². The minimum atomic E-state index is -1.57. The number of carboxylic acids is 1. The minimum Gasteiger partial charge on any atom is -0.493 e. The summed E-state index contributed by atoms with van der Waals surface area (Å²) in [5.41, 5.74) is 1.93. The van der Waals surface area contributed by atoms with Gasteiger partial charge in [-0.25, -0.2) is 8.78 Å². The Bertz CT molecular complexity index is 1560. The highest BCUT2D eigenvalue weighted by Gasteiger charge is 2.37. The normalized spacial score (nSPS) is 19.3. The lowest BCUT2D eigenvalue weighted by molar-refractivity contribution is -0.145. The minimum absolute atomic E-state index is 0.0433. The molecule has 2 aliphatic rings. The van der Waals surface area contributed by atoms with Gasteiger partial charge in [0.15, 0.2) is 6.10 Å². The van der Waals surface area contributed by atoms with Crippen molar-refractivity contribution in [1.29, 1.82) is 0 Å². The van der Waals surface area contributed by atoms with E-state index in [1.54, 1.807) is 25.1 Å². The number of aliphatic hydroxyl groups excluding tert-OH is 1. The van der Waals surface area contributed by atoms with Crippen molar-refractivity contribution in [2.75, 3.05) is 39.5 Å². The van der Waals surface area contributed by atoms with Crippen molar-refractivity contribution in [1.82, 2.24) is 10.2 Å². The fourth-order valence-corrected chi connectivity index (χ4v) is 6.21. The SMILES string of the molecule is CCOc1cc(O[C@@H]2c3cccc(-c4cccc(OCCCN5CC(F)C5)c4Cl)c3C[C@@H]2F)c(Cl)cc1CNC(C)(CO)C(=O)O. The van der Waals surface area contributed by atoms with Gasteiger partial charge in [-0.2, -0.15) is 0 Å². The summed E-state index contributed by atoms with van der Waals surface area (Å²) < 4.78 is 46.8. The Morgan fingerprint density at radius 2 is 1.80 bits per heavy atom. The summed E-state index contributed by atoms with van der Waals surface area (Å²) in [5, 5.41) is 22.5. The Hall–Kier alpha value is -3.15. The quantitative estimate of drug-likeness (QED) is 0.158. The van der Waals surface area contributed by atoms with E-state index in [2.05, 4.69) is 5.32 Å². The van der Waals surface area contributed by atoms with E-state index < -0.39 is 36.6 Å². The zero-order valence-electron chi connectivity index (χ0n) is 25.7. The van der Waals surface area contributed by atoms with E-state index in [0.29, 0.717) is 54.0 Å². The molecule has 1 heterocycles. The molecule has 3 N–H and O–H groups in total. The number of hydrogen-bond acceptors (Lipinski definition) is 7. The van der Waals surface area contributed by atoms with Crippen LogP contribution in [0.5, 0.6) is 17.2 Å². The summed E-state index contributed by atoms with van der Waals surface area (Å²) in [5.74, 6) is -0.0678. The maximum absolute atomic E-state index is 15.7. The molecule has 5 rings (SSSR count). The van der Waals surface area contributed by atoms with Gasteiger partial charge in [-0.05, 0) is 49.1 Å². The lowest BCUT2D eigenvalue weighted by atomic mass is 9.96. The summed E-state index contributed by atoms with van der Waals surface area (Å²) in [6.07, 6.45) is -2.20. The standard InChI is InChI=1S/C34H38Cl2F2N2O6/c1-3-44-29-15-30(26(35)13-20(29)16-39-34(2,19-41)33(42)43)46-32-24-9-4-7-22(25(24)14-27(32)38)23-8-5-10-28(31(23)36)45-12-6-11-40-17-21(37)18-40/h4-5,7-10,13,15,21,27,32,39,41H,3,6,11-12,14,16-19H2,1-2H3,(H,42,43)/t27-,32+,34?/m0/s1. The van der Waals surface area contributed by atoms with Crippen LogP contribution in [-0.4, -0.2) is 78.4 Å². The number of hydrogen-bond donors (Lipinski definition) is 3. The molecule has 46 heavy (non-hydrogen) atoms. The second-order valence-electron chi connectivity index (χ2n) is 11.8. The molecule has 1 aliphatic heterocycles. The van der Waals surface area contributed by atoms with Crippen LogP contribution in [0.15, 0.2) is 48.5 Å². The fourth-order valence-electron chi connectivity index (χ4n) is 5.70. The van der Waals surface area contributed by atoms with E-state index in [-0.39, 0.29) is 23.7 Å². The molecule has 248 valence electrons. The predicted molar refractivity (Wildman–Crippen MR) is 173 cm³/mol. The lowest BCUT2D eigenvalue weighted by Gasteiger charge is -2.34. The molecular weight excluding hydrogens is 641 g/mol. The summed E-state index contributed by atoms with van der Waals surface area (Å²) in [7, 11) is 0. The highest BCUT2D eigenvalue weighted by Crippen LogP contribution is 2.46. The maximum Gasteiger partial charge on any atom is 0.326 e. The van der Waals surface area contributed by atoms with E-state index >= 15 is 4.39 Å². The second-order valence-corrected chi connectivity index (χ2v) is 12.6. The number of likely N-dealkylation sites (tertiary alicyclic amines) is 1. The maximum atomic E-state index is 15.7. The van der Waals surface area contributed by atoms with Gasteiger partial charge in [-0.3, -0.25) is 15.0 Å². The second kappa shape index (κ2) is 14.7. The van der Waals surface area contributed by atoms with Crippen molar-refractivity contribution < 1.29 is 38.0 Å². The van der Waals surface area contributed by atoms with E-state index in [4.69, 9.17) is 37.4 Å². The zero-order chi connectivity index (χ0) is 33.0.